The van der Waals surface area contributed by atoms with Crippen molar-refractivity contribution in [3.63, 3.8) is 0 Å². The van der Waals surface area contributed by atoms with Crippen LogP contribution < -0.4 is 14.8 Å². The van der Waals surface area contributed by atoms with Gasteiger partial charge in [0.2, 0.25) is 5.88 Å². The molecule has 34 heavy (non-hydrogen) atoms. The largest absolute Gasteiger partial charge is 0.493 e. The summed E-state index contributed by atoms with van der Waals surface area (Å²) >= 11 is 6.18. The summed E-state index contributed by atoms with van der Waals surface area (Å²) in [4.78, 5) is 13.7. The van der Waals surface area contributed by atoms with E-state index in [-0.39, 0.29) is 23.7 Å². The molecule has 3 unspecified atom stereocenters. The first-order chi connectivity index (χ1) is 16.4. The van der Waals surface area contributed by atoms with Crippen LogP contribution in [0.25, 0.3) is 0 Å². The maximum Gasteiger partial charge on any atom is 0.216 e. The zero-order chi connectivity index (χ0) is 24.4. The van der Waals surface area contributed by atoms with E-state index in [9.17, 15) is 4.79 Å². The van der Waals surface area contributed by atoms with Crippen LogP contribution in [0.5, 0.6) is 11.6 Å². The van der Waals surface area contributed by atoms with Crippen LogP contribution in [0.3, 0.4) is 0 Å². The monoisotopic (exact) mass is 481 g/mol. The van der Waals surface area contributed by atoms with Gasteiger partial charge in [0, 0.05) is 29.4 Å². The number of methoxy groups -OCH3 is 1. The Balaban J connectivity index is 1.63. The van der Waals surface area contributed by atoms with Gasteiger partial charge in [-0.2, -0.15) is 5.10 Å². The average molecular weight is 482 g/mol. The number of aromatic nitrogens is 2. The highest BCUT2D eigenvalue weighted by atomic mass is 35.5. The molecule has 1 aromatic heterocycles. The molecule has 0 spiro atoms. The molecular weight excluding hydrogens is 450 g/mol. The summed E-state index contributed by atoms with van der Waals surface area (Å²) in [5, 5.41) is 8.47. The number of aryl methyl sites for hydroxylation is 1. The fraction of sp³-hybridized carbons (Fsp3) is 0.407. The van der Waals surface area contributed by atoms with Crippen molar-refractivity contribution < 1.29 is 14.3 Å². The van der Waals surface area contributed by atoms with E-state index < -0.39 is 0 Å². The number of nitrogens with zero attached hydrogens (tertiary/aromatic N) is 2. The molecule has 6 nitrogen and oxygen atoms in total. The van der Waals surface area contributed by atoms with Gasteiger partial charge in [0.1, 0.15) is 5.75 Å². The van der Waals surface area contributed by atoms with Crippen LogP contribution in [-0.4, -0.2) is 29.3 Å². The minimum Gasteiger partial charge on any atom is -0.493 e. The highest BCUT2D eigenvalue weighted by Gasteiger charge is 2.32. The Morgan fingerprint density at radius 3 is 2.94 bits per heavy atom. The normalized spacial score (nSPS) is 20.9. The van der Waals surface area contributed by atoms with Crippen molar-refractivity contribution in [3.05, 3.63) is 75.6 Å². The van der Waals surface area contributed by atoms with Gasteiger partial charge in [-0.1, -0.05) is 37.6 Å². The Morgan fingerprint density at radius 1 is 1.44 bits per heavy atom. The number of hydrogen-bond acceptors (Lipinski definition) is 5. The molecule has 2 aromatic rings. The van der Waals surface area contributed by atoms with Crippen LogP contribution in [0.2, 0.25) is 5.02 Å². The van der Waals surface area contributed by atoms with Gasteiger partial charge in [0.15, 0.2) is 5.78 Å². The number of dihydropyridines is 1. The summed E-state index contributed by atoms with van der Waals surface area (Å²) in [5.74, 6) is 1.64. The summed E-state index contributed by atoms with van der Waals surface area (Å²) in [6, 6.07) is 5.49. The number of rotatable bonds is 7. The van der Waals surface area contributed by atoms with E-state index in [2.05, 4.69) is 30.3 Å². The quantitative estimate of drug-likeness (QED) is 0.540. The molecule has 7 heteroatoms. The molecule has 0 amide bonds. The molecule has 3 atom stereocenters. The number of fused-ring (bicyclic) bond motifs is 1. The summed E-state index contributed by atoms with van der Waals surface area (Å²) in [6.45, 7) is 6.65. The number of hydrogen-bond donors (Lipinski definition) is 1. The molecule has 0 saturated heterocycles. The zero-order valence-corrected chi connectivity index (χ0v) is 21.1. The van der Waals surface area contributed by atoms with Crippen molar-refractivity contribution in [3.8, 4) is 11.6 Å². The molecule has 2 aliphatic rings. The number of nitrogens with one attached hydrogen (secondary N) is 1. The van der Waals surface area contributed by atoms with Gasteiger partial charge in [-0.15, -0.1) is 0 Å². The molecule has 2 aliphatic heterocycles. The lowest BCUT2D eigenvalue weighted by Gasteiger charge is -2.30. The number of carbonyl (C=O) groups is 1. The molecule has 1 aromatic carbocycles. The molecular formula is C27H32ClN3O3. The fourth-order valence-corrected chi connectivity index (χ4v) is 4.92. The molecule has 0 fully saturated rings. The van der Waals surface area contributed by atoms with E-state index in [1.807, 2.05) is 50.6 Å². The molecule has 0 radical (unpaired) electrons. The molecule has 1 N–H and O–H groups in total. The third-order valence-electron chi connectivity index (χ3n) is 6.79. The van der Waals surface area contributed by atoms with E-state index in [0.29, 0.717) is 23.9 Å². The first-order valence-electron chi connectivity index (χ1n) is 11.7. The van der Waals surface area contributed by atoms with Crippen molar-refractivity contribution >= 4 is 17.4 Å². The van der Waals surface area contributed by atoms with Gasteiger partial charge in [-0.25, -0.2) is 4.68 Å². The fourth-order valence-electron chi connectivity index (χ4n) is 4.72. The lowest BCUT2D eigenvalue weighted by molar-refractivity contribution is -0.120. The van der Waals surface area contributed by atoms with Crippen LogP contribution in [0.1, 0.15) is 44.4 Å². The lowest BCUT2D eigenvalue weighted by Crippen LogP contribution is -2.31. The van der Waals surface area contributed by atoms with E-state index in [0.717, 1.165) is 40.0 Å². The number of halogens is 1. The van der Waals surface area contributed by atoms with Crippen LogP contribution >= 0.6 is 11.6 Å². The Hall–Kier alpha value is -2.99. The highest BCUT2D eigenvalue weighted by Crippen LogP contribution is 2.38. The Morgan fingerprint density at radius 2 is 2.24 bits per heavy atom. The van der Waals surface area contributed by atoms with E-state index in [1.54, 1.807) is 11.8 Å². The second kappa shape index (κ2) is 10.1. The first kappa shape index (κ1) is 24.1. The first-order valence-corrected chi connectivity index (χ1v) is 12.1. The number of allylic oxidation sites excluding steroid dienone is 4. The summed E-state index contributed by atoms with van der Waals surface area (Å²) in [7, 11) is 3.51. The summed E-state index contributed by atoms with van der Waals surface area (Å²) < 4.78 is 13.2. The van der Waals surface area contributed by atoms with Gasteiger partial charge in [-0.05, 0) is 55.0 Å². The molecule has 0 saturated carbocycles. The number of ether oxygens (including phenoxy) is 2. The average Bonchev–Trinajstić information content (AvgIpc) is 3.23. The van der Waals surface area contributed by atoms with Gasteiger partial charge < -0.3 is 14.8 Å². The Bertz CT molecular complexity index is 1180. The summed E-state index contributed by atoms with van der Waals surface area (Å²) in [6.07, 6.45) is 9.50. The number of carbonyl (C=O) groups excluding carboxylic acids is 1. The van der Waals surface area contributed by atoms with E-state index >= 15 is 0 Å². The van der Waals surface area contributed by atoms with E-state index in [1.165, 1.54) is 0 Å². The van der Waals surface area contributed by atoms with Gasteiger partial charge >= 0.3 is 0 Å². The van der Waals surface area contributed by atoms with Crippen LogP contribution in [0, 0.1) is 11.8 Å². The van der Waals surface area contributed by atoms with Crippen molar-refractivity contribution in [2.45, 2.75) is 39.7 Å². The third-order valence-corrected chi connectivity index (χ3v) is 7.03. The molecule has 0 aliphatic carbocycles. The lowest BCUT2D eigenvalue weighted by atomic mass is 9.80. The minimum absolute atomic E-state index is 0.0864. The molecule has 3 heterocycles. The van der Waals surface area contributed by atoms with Gasteiger partial charge in [-0.3, -0.25) is 4.79 Å². The van der Waals surface area contributed by atoms with Gasteiger partial charge in [0.25, 0.3) is 0 Å². The zero-order valence-electron chi connectivity index (χ0n) is 20.4. The van der Waals surface area contributed by atoms with Crippen molar-refractivity contribution in [1.82, 2.24) is 15.1 Å². The molecule has 180 valence electrons. The van der Waals surface area contributed by atoms with Crippen LogP contribution in [-0.2, 0) is 18.3 Å². The molecule has 0 bridgehead atoms. The summed E-state index contributed by atoms with van der Waals surface area (Å²) in [5.41, 5.74) is 4.75. The topological polar surface area (TPSA) is 65.4 Å². The number of benzene rings is 1. The highest BCUT2D eigenvalue weighted by molar-refractivity contribution is 6.30. The second-order valence-corrected chi connectivity index (χ2v) is 9.33. The van der Waals surface area contributed by atoms with Crippen molar-refractivity contribution in [1.29, 1.82) is 0 Å². The van der Waals surface area contributed by atoms with Crippen LogP contribution in [0.15, 0.2) is 59.5 Å². The Kier molecular flexibility index (Phi) is 7.17. The SMILES string of the molecule is C/C=C(/C(=O)C1COc2ccc(Cl)cc2C1)C1=CNC(c2cnn(C)c2OC)C=C1C(C)CC. The predicted molar refractivity (Wildman–Crippen MR) is 134 cm³/mol. The number of ketones is 1. The maximum atomic E-state index is 13.7. The van der Waals surface area contributed by atoms with Crippen molar-refractivity contribution in [2.75, 3.05) is 13.7 Å². The predicted octanol–water partition coefficient (Wildman–Crippen LogP) is 5.35. The smallest absolute Gasteiger partial charge is 0.216 e. The number of Topliss-reactive ketones (excluding diaryl/α,β-unsaturated/α-hetero) is 1. The van der Waals surface area contributed by atoms with Crippen LogP contribution in [0.4, 0.5) is 0 Å². The maximum absolute atomic E-state index is 13.7. The standard InChI is InChI=1S/C27H32ClN3O3/c1-6-16(3)21-12-24(23-14-30-31(4)27(23)33-5)29-13-22(21)20(7-2)26(32)18-10-17-11-19(28)8-9-25(17)34-15-18/h7-9,11-14,16,18,24,29H,6,10,15H2,1-5H3/b20-7+. The minimum atomic E-state index is -0.257. The molecule has 4 rings (SSSR count). The van der Waals surface area contributed by atoms with Gasteiger partial charge in [0.05, 0.1) is 37.4 Å². The second-order valence-electron chi connectivity index (χ2n) is 8.90. The Labute approximate surface area is 206 Å². The third kappa shape index (κ3) is 4.51. The van der Waals surface area contributed by atoms with Crippen molar-refractivity contribution in [2.24, 2.45) is 18.9 Å². The van der Waals surface area contributed by atoms with E-state index in [4.69, 9.17) is 21.1 Å².